The van der Waals surface area contributed by atoms with E-state index in [0.717, 1.165) is 64.5 Å². The van der Waals surface area contributed by atoms with Crippen LogP contribution in [-0.4, -0.2) is 75.7 Å². The maximum atomic E-state index is 12.7. The second kappa shape index (κ2) is 12.6. The molecule has 0 aromatic heterocycles. The van der Waals surface area contributed by atoms with Crippen molar-refractivity contribution in [1.29, 1.82) is 0 Å². The van der Waals surface area contributed by atoms with Gasteiger partial charge in [-0.3, -0.25) is 14.7 Å². The summed E-state index contributed by atoms with van der Waals surface area (Å²) in [4.78, 5) is 21.2. The zero-order valence-corrected chi connectivity index (χ0v) is 21.5. The predicted octanol–water partition coefficient (Wildman–Crippen LogP) is 2.45. The van der Waals surface area contributed by atoms with E-state index in [1.165, 1.54) is 11.1 Å². The number of hydrogen-bond acceptors (Lipinski definition) is 4. The van der Waals surface area contributed by atoms with Crippen molar-refractivity contribution in [2.24, 2.45) is 10.4 Å². The highest BCUT2D eigenvalue weighted by Gasteiger charge is 2.42. The van der Waals surface area contributed by atoms with Crippen LogP contribution in [0.15, 0.2) is 29.3 Å². The number of halogens is 1. The fraction of sp³-hybridized carbons (Fsp3) is 0.652. The van der Waals surface area contributed by atoms with Crippen molar-refractivity contribution in [3.05, 3.63) is 35.4 Å². The molecule has 1 heterocycles. The Morgan fingerprint density at radius 2 is 1.71 bits per heavy atom. The van der Waals surface area contributed by atoms with E-state index in [1.807, 2.05) is 14.1 Å². The predicted molar refractivity (Wildman–Crippen MR) is 136 cm³/mol. The number of ether oxygens (including phenoxy) is 1. The van der Waals surface area contributed by atoms with Crippen LogP contribution in [0.3, 0.4) is 0 Å². The van der Waals surface area contributed by atoms with Crippen LogP contribution < -0.4 is 10.6 Å². The number of rotatable bonds is 7. The first-order valence-electron chi connectivity index (χ1n) is 11.1. The first-order chi connectivity index (χ1) is 14.5. The van der Waals surface area contributed by atoms with Gasteiger partial charge in [0.25, 0.3) is 0 Å². The Morgan fingerprint density at radius 1 is 1.10 bits per heavy atom. The van der Waals surface area contributed by atoms with E-state index < -0.39 is 0 Å². The van der Waals surface area contributed by atoms with E-state index >= 15 is 0 Å². The molecule has 8 heteroatoms. The molecule has 2 aliphatic rings. The number of carbonyl (C=O) groups is 1. The molecule has 0 spiro atoms. The minimum absolute atomic E-state index is 0. The Morgan fingerprint density at radius 3 is 2.29 bits per heavy atom. The highest BCUT2D eigenvalue weighted by Crippen LogP contribution is 2.38. The van der Waals surface area contributed by atoms with Crippen LogP contribution in [0.5, 0.6) is 0 Å². The summed E-state index contributed by atoms with van der Waals surface area (Å²) < 4.78 is 5.42. The fourth-order valence-corrected chi connectivity index (χ4v) is 4.43. The third-order valence-electron chi connectivity index (χ3n) is 6.23. The topological polar surface area (TPSA) is 69.2 Å². The Hall–Kier alpha value is -1.39. The van der Waals surface area contributed by atoms with Gasteiger partial charge >= 0.3 is 0 Å². The number of amides is 1. The second-order valence-corrected chi connectivity index (χ2v) is 8.67. The first-order valence-corrected chi connectivity index (χ1v) is 11.1. The first kappa shape index (κ1) is 25.9. The summed E-state index contributed by atoms with van der Waals surface area (Å²) in [5.41, 5.74) is 2.24. The Labute approximate surface area is 204 Å². The van der Waals surface area contributed by atoms with Crippen molar-refractivity contribution in [2.45, 2.75) is 38.8 Å². The maximum Gasteiger partial charge on any atom is 0.230 e. The molecule has 1 aromatic rings. The summed E-state index contributed by atoms with van der Waals surface area (Å²) in [6, 6.07) is 8.74. The van der Waals surface area contributed by atoms with Gasteiger partial charge in [0, 0.05) is 53.9 Å². The molecule has 0 radical (unpaired) electrons. The molecule has 7 nitrogen and oxygen atoms in total. The molecule has 3 rings (SSSR count). The summed E-state index contributed by atoms with van der Waals surface area (Å²) in [6.45, 7) is 5.97. The van der Waals surface area contributed by atoms with Crippen LogP contribution in [0.25, 0.3) is 0 Å². The molecular formula is C23H38IN5O2. The molecule has 0 atom stereocenters. The third kappa shape index (κ3) is 7.32. The molecule has 2 fully saturated rings. The van der Waals surface area contributed by atoms with Crippen molar-refractivity contribution in [3.63, 3.8) is 0 Å². The van der Waals surface area contributed by atoms with Gasteiger partial charge in [0.2, 0.25) is 5.91 Å². The molecule has 31 heavy (non-hydrogen) atoms. The molecule has 1 amide bonds. The number of morpholine rings is 1. The van der Waals surface area contributed by atoms with Gasteiger partial charge in [-0.15, -0.1) is 24.0 Å². The number of nitrogens with one attached hydrogen (secondary N) is 2. The molecule has 1 aliphatic carbocycles. The maximum absolute atomic E-state index is 12.7. The third-order valence-corrected chi connectivity index (χ3v) is 6.23. The SMILES string of the molecule is CN=C(NCc1ccc(CN2CCOCC2)cc1)NCC1(C(=O)N(C)C)CCCC1.I. The average molecular weight is 543 g/mol. The van der Waals surface area contributed by atoms with E-state index in [2.05, 4.69) is 44.8 Å². The molecule has 1 aromatic carbocycles. The highest BCUT2D eigenvalue weighted by atomic mass is 127. The minimum atomic E-state index is -0.303. The summed E-state index contributed by atoms with van der Waals surface area (Å²) in [6.07, 6.45) is 4.12. The van der Waals surface area contributed by atoms with Gasteiger partial charge in [-0.2, -0.15) is 0 Å². The van der Waals surface area contributed by atoms with Gasteiger partial charge in [0.1, 0.15) is 0 Å². The van der Waals surface area contributed by atoms with E-state index in [4.69, 9.17) is 4.74 Å². The van der Waals surface area contributed by atoms with Gasteiger partial charge < -0.3 is 20.3 Å². The Balaban J connectivity index is 0.00000341. The minimum Gasteiger partial charge on any atom is -0.379 e. The van der Waals surface area contributed by atoms with Gasteiger partial charge in [-0.25, -0.2) is 0 Å². The standard InChI is InChI=1S/C23H37N5O2.HI/c1-24-22(26-18-23(10-4-5-11-23)21(29)27(2)3)25-16-19-6-8-20(9-7-19)17-28-12-14-30-15-13-28;/h6-9H,4-5,10-18H2,1-3H3,(H2,24,25,26);1H. The van der Waals surface area contributed by atoms with E-state index in [9.17, 15) is 4.79 Å². The van der Waals surface area contributed by atoms with Gasteiger partial charge in [0.15, 0.2) is 5.96 Å². The highest BCUT2D eigenvalue weighted by molar-refractivity contribution is 14.0. The van der Waals surface area contributed by atoms with Gasteiger partial charge in [0.05, 0.1) is 18.6 Å². The smallest absolute Gasteiger partial charge is 0.230 e. The fourth-order valence-electron chi connectivity index (χ4n) is 4.43. The number of guanidine groups is 1. The lowest BCUT2D eigenvalue weighted by molar-refractivity contribution is -0.138. The molecular weight excluding hydrogens is 505 g/mol. The molecule has 1 aliphatic heterocycles. The van der Waals surface area contributed by atoms with E-state index in [-0.39, 0.29) is 35.3 Å². The van der Waals surface area contributed by atoms with Crippen LogP contribution in [-0.2, 0) is 22.6 Å². The van der Waals surface area contributed by atoms with Crippen molar-refractivity contribution < 1.29 is 9.53 Å². The average Bonchev–Trinajstić information content (AvgIpc) is 3.25. The summed E-state index contributed by atoms with van der Waals surface area (Å²) in [5, 5.41) is 6.78. The number of carbonyl (C=O) groups excluding carboxylic acids is 1. The lowest BCUT2D eigenvalue weighted by Gasteiger charge is -2.31. The van der Waals surface area contributed by atoms with Gasteiger partial charge in [-0.1, -0.05) is 37.1 Å². The molecule has 0 bridgehead atoms. The van der Waals surface area contributed by atoms with Crippen LogP contribution in [0.1, 0.15) is 36.8 Å². The lowest BCUT2D eigenvalue weighted by Crippen LogP contribution is -2.49. The monoisotopic (exact) mass is 543 g/mol. The largest absolute Gasteiger partial charge is 0.379 e. The van der Waals surface area contributed by atoms with Crippen molar-refractivity contribution in [2.75, 3.05) is 54.0 Å². The Kier molecular flexibility index (Phi) is 10.5. The van der Waals surface area contributed by atoms with E-state index in [1.54, 1.807) is 11.9 Å². The zero-order chi connectivity index (χ0) is 21.4. The molecule has 1 saturated heterocycles. The quantitative estimate of drug-likeness (QED) is 0.314. The van der Waals surface area contributed by atoms with Crippen molar-refractivity contribution in [1.82, 2.24) is 20.4 Å². The molecule has 0 unspecified atom stereocenters. The van der Waals surface area contributed by atoms with Crippen molar-refractivity contribution in [3.8, 4) is 0 Å². The number of nitrogens with zero attached hydrogens (tertiary/aromatic N) is 3. The normalized spacial score (nSPS) is 18.9. The number of aliphatic imine (C=N–C) groups is 1. The van der Waals surface area contributed by atoms with Crippen LogP contribution >= 0.6 is 24.0 Å². The van der Waals surface area contributed by atoms with E-state index in [0.29, 0.717) is 13.1 Å². The lowest BCUT2D eigenvalue weighted by atomic mass is 9.84. The van der Waals surface area contributed by atoms with Crippen LogP contribution in [0, 0.1) is 5.41 Å². The number of hydrogen-bond donors (Lipinski definition) is 2. The summed E-state index contributed by atoms with van der Waals surface area (Å²) >= 11 is 0. The van der Waals surface area contributed by atoms with Crippen molar-refractivity contribution >= 4 is 35.8 Å². The summed E-state index contributed by atoms with van der Waals surface area (Å²) in [5.74, 6) is 0.962. The molecule has 174 valence electrons. The zero-order valence-electron chi connectivity index (χ0n) is 19.2. The van der Waals surface area contributed by atoms with Crippen LogP contribution in [0.2, 0.25) is 0 Å². The summed E-state index contributed by atoms with van der Waals surface area (Å²) in [7, 11) is 5.46. The molecule has 1 saturated carbocycles. The molecule has 2 N–H and O–H groups in total. The van der Waals surface area contributed by atoms with Gasteiger partial charge in [-0.05, 0) is 24.0 Å². The second-order valence-electron chi connectivity index (χ2n) is 8.67. The Bertz CT molecular complexity index is 711. The number of benzene rings is 1. The van der Waals surface area contributed by atoms with Crippen LogP contribution in [0.4, 0.5) is 0 Å².